The molecule has 1 saturated heterocycles. The largest absolute Gasteiger partial charge is 0.332 e. The lowest BCUT2D eigenvalue weighted by Crippen LogP contribution is -2.63. The van der Waals surface area contributed by atoms with Gasteiger partial charge in [-0.15, -0.1) is 0 Å². The molecule has 3 amide bonds. The van der Waals surface area contributed by atoms with Gasteiger partial charge in [-0.2, -0.15) is 0 Å². The number of urea groups is 1. The fraction of sp³-hybridized carbons (Fsp3) is 0.722. The van der Waals surface area contributed by atoms with E-state index in [1.165, 1.54) is 37.0 Å². The maximum atomic E-state index is 12.4. The molecule has 26 heavy (non-hydrogen) atoms. The van der Waals surface area contributed by atoms with E-state index in [0.29, 0.717) is 11.6 Å². The maximum Gasteiger partial charge on any atom is 0.325 e. The molecule has 0 aliphatic carbocycles. The number of rotatable bonds is 9. The number of nitrogens with zero attached hydrogens (tertiary/aromatic N) is 3. The van der Waals surface area contributed by atoms with Crippen LogP contribution in [0.5, 0.6) is 0 Å². The van der Waals surface area contributed by atoms with E-state index in [-0.39, 0.29) is 5.91 Å². The summed E-state index contributed by atoms with van der Waals surface area (Å²) in [6, 6.07) is -0.886. The standard InChI is InChI=1S/C18H29ClN4O2S/c1-4-5-6-7-8-9-12-26-18-20-15-14(23(18)11-10-13(2)19)16(24)21-17(25)22(15)3/h10,14-15H,4-9,11-12H2,1-3H3,(H,21,24,25)/b13-10-. The maximum absolute atomic E-state index is 12.4. The molecule has 0 spiro atoms. The fourth-order valence-corrected chi connectivity index (χ4v) is 4.22. The molecule has 0 aromatic heterocycles. The number of aliphatic imine (C=N–C) groups is 1. The summed E-state index contributed by atoms with van der Waals surface area (Å²) < 4.78 is 0. The molecule has 2 aliphatic rings. The van der Waals surface area contributed by atoms with E-state index in [2.05, 4.69) is 17.2 Å². The van der Waals surface area contributed by atoms with Gasteiger partial charge in [0.25, 0.3) is 5.91 Å². The number of halogens is 1. The number of carbonyl (C=O) groups is 2. The number of thioether (sulfide) groups is 1. The number of carbonyl (C=O) groups excluding carboxylic acids is 2. The van der Waals surface area contributed by atoms with Crippen LogP contribution in [0.3, 0.4) is 0 Å². The molecule has 0 aromatic rings. The molecular formula is C18H29ClN4O2S. The molecule has 6 nitrogen and oxygen atoms in total. The van der Waals surface area contributed by atoms with Crippen LogP contribution in [0, 0.1) is 0 Å². The molecule has 2 atom stereocenters. The monoisotopic (exact) mass is 400 g/mol. The lowest BCUT2D eigenvalue weighted by atomic mass is 10.1. The molecule has 8 heteroatoms. The Hall–Kier alpha value is -1.21. The number of likely N-dealkylation sites (N-methyl/N-ethyl adjacent to an activating group) is 1. The Labute approximate surface area is 165 Å². The van der Waals surface area contributed by atoms with Crippen molar-refractivity contribution in [1.29, 1.82) is 0 Å². The molecule has 0 bridgehead atoms. The zero-order valence-corrected chi connectivity index (χ0v) is 17.4. The van der Waals surface area contributed by atoms with E-state index >= 15 is 0 Å². The summed E-state index contributed by atoms with van der Waals surface area (Å²) in [6.07, 6.45) is 8.87. The molecule has 1 fully saturated rings. The first-order valence-electron chi connectivity index (χ1n) is 9.32. The number of fused-ring (bicyclic) bond motifs is 1. The van der Waals surface area contributed by atoms with Gasteiger partial charge in [-0.05, 0) is 13.3 Å². The van der Waals surface area contributed by atoms with Gasteiger partial charge in [0, 0.05) is 24.4 Å². The van der Waals surface area contributed by atoms with Crippen LogP contribution in [0.1, 0.15) is 52.4 Å². The third kappa shape index (κ3) is 5.39. The number of hydrogen-bond acceptors (Lipinski definition) is 5. The van der Waals surface area contributed by atoms with Gasteiger partial charge in [0.05, 0.1) is 0 Å². The van der Waals surface area contributed by atoms with Crippen molar-refractivity contribution < 1.29 is 9.59 Å². The van der Waals surface area contributed by atoms with Gasteiger partial charge in [-0.25, -0.2) is 9.79 Å². The number of amidine groups is 1. The van der Waals surface area contributed by atoms with Crippen molar-refractivity contribution >= 4 is 40.5 Å². The second-order valence-corrected chi connectivity index (χ2v) is 8.39. The number of amides is 3. The van der Waals surface area contributed by atoms with Crippen molar-refractivity contribution in [1.82, 2.24) is 15.1 Å². The van der Waals surface area contributed by atoms with Crippen LogP contribution in [0.25, 0.3) is 0 Å². The summed E-state index contributed by atoms with van der Waals surface area (Å²) in [5.41, 5.74) is 0. The minimum Gasteiger partial charge on any atom is -0.332 e. The minimum atomic E-state index is -0.489. The molecule has 0 saturated carbocycles. The highest BCUT2D eigenvalue weighted by atomic mass is 35.5. The summed E-state index contributed by atoms with van der Waals surface area (Å²) in [6.45, 7) is 4.54. The average Bonchev–Trinajstić information content (AvgIpc) is 2.96. The van der Waals surface area contributed by atoms with Crippen LogP contribution in [-0.2, 0) is 4.79 Å². The van der Waals surface area contributed by atoms with E-state index in [1.54, 1.807) is 18.8 Å². The Kier molecular flexibility index (Phi) is 8.28. The van der Waals surface area contributed by atoms with E-state index in [0.717, 1.165) is 17.3 Å². The van der Waals surface area contributed by atoms with Crippen molar-refractivity contribution in [3.8, 4) is 0 Å². The van der Waals surface area contributed by atoms with Crippen LogP contribution in [0.2, 0.25) is 0 Å². The third-order valence-electron chi connectivity index (χ3n) is 4.62. The molecule has 2 rings (SSSR count). The van der Waals surface area contributed by atoms with Crippen molar-refractivity contribution in [2.45, 2.75) is 64.6 Å². The number of hydrogen-bond donors (Lipinski definition) is 1. The summed E-state index contributed by atoms with van der Waals surface area (Å²) in [5, 5.41) is 3.90. The van der Waals surface area contributed by atoms with Crippen molar-refractivity contribution in [2.75, 3.05) is 19.3 Å². The number of nitrogens with one attached hydrogen (secondary N) is 1. The highest BCUT2D eigenvalue weighted by Crippen LogP contribution is 2.29. The summed E-state index contributed by atoms with van der Waals surface area (Å²) >= 11 is 7.64. The molecule has 146 valence electrons. The van der Waals surface area contributed by atoms with Crippen molar-refractivity contribution in [3.05, 3.63) is 11.1 Å². The molecule has 2 aliphatic heterocycles. The minimum absolute atomic E-state index is 0.294. The molecule has 2 heterocycles. The summed E-state index contributed by atoms with van der Waals surface area (Å²) in [4.78, 5) is 32.4. The van der Waals surface area contributed by atoms with E-state index in [4.69, 9.17) is 11.6 Å². The summed E-state index contributed by atoms with van der Waals surface area (Å²) in [7, 11) is 1.67. The van der Waals surface area contributed by atoms with Crippen LogP contribution < -0.4 is 5.32 Å². The lowest BCUT2D eigenvalue weighted by molar-refractivity contribution is -0.126. The zero-order valence-electron chi connectivity index (χ0n) is 15.8. The third-order valence-corrected chi connectivity index (χ3v) is 5.87. The first kappa shape index (κ1) is 21.1. The zero-order chi connectivity index (χ0) is 19.1. The Balaban J connectivity index is 1.98. The smallest absolute Gasteiger partial charge is 0.325 e. The van der Waals surface area contributed by atoms with Crippen LogP contribution >= 0.6 is 23.4 Å². The predicted molar refractivity (Wildman–Crippen MR) is 108 cm³/mol. The second kappa shape index (κ2) is 10.2. The van der Waals surface area contributed by atoms with Crippen LogP contribution in [0.15, 0.2) is 16.1 Å². The number of imide groups is 1. The normalized spacial score (nSPS) is 23.2. The number of unbranched alkanes of at least 4 members (excludes halogenated alkanes) is 5. The van der Waals surface area contributed by atoms with Crippen molar-refractivity contribution in [2.24, 2.45) is 4.99 Å². The predicted octanol–water partition coefficient (Wildman–Crippen LogP) is 3.77. The van der Waals surface area contributed by atoms with Gasteiger partial charge < -0.3 is 9.80 Å². The topological polar surface area (TPSA) is 65.0 Å². The first-order valence-corrected chi connectivity index (χ1v) is 10.7. The Morgan fingerprint density at radius 3 is 2.65 bits per heavy atom. The molecule has 0 aromatic carbocycles. The van der Waals surface area contributed by atoms with Gasteiger partial charge in [0.2, 0.25) is 0 Å². The van der Waals surface area contributed by atoms with E-state index in [1.807, 2.05) is 17.9 Å². The molecule has 1 N–H and O–H groups in total. The highest BCUT2D eigenvalue weighted by Gasteiger charge is 2.48. The van der Waals surface area contributed by atoms with Gasteiger partial charge in [0.15, 0.2) is 17.4 Å². The van der Waals surface area contributed by atoms with Gasteiger partial charge in [-0.3, -0.25) is 10.1 Å². The van der Waals surface area contributed by atoms with E-state index < -0.39 is 18.2 Å². The number of allylic oxidation sites excluding steroid dienone is 1. The molecule has 0 radical (unpaired) electrons. The SMILES string of the molecule is CCCCCCCCSC1=NC2C(C(=O)NC(=O)N2C)N1C/C=C(/C)Cl. The quantitative estimate of drug-likeness (QED) is 0.598. The van der Waals surface area contributed by atoms with Crippen molar-refractivity contribution in [3.63, 3.8) is 0 Å². The fourth-order valence-electron chi connectivity index (χ4n) is 3.08. The first-order chi connectivity index (χ1) is 12.5. The Morgan fingerprint density at radius 2 is 1.96 bits per heavy atom. The van der Waals surface area contributed by atoms with Gasteiger partial charge in [0.1, 0.15) is 0 Å². The van der Waals surface area contributed by atoms with Crippen LogP contribution in [-0.4, -0.2) is 58.5 Å². The average molecular weight is 401 g/mol. The summed E-state index contributed by atoms with van der Waals surface area (Å²) in [5.74, 6) is 0.668. The molecule has 2 unspecified atom stereocenters. The lowest BCUT2D eigenvalue weighted by Gasteiger charge is -2.35. The van der Waals surface area contributed by atoms with Crippen LogP contribution in [0.4, 0.5) is 4.79 Å². The molecular weight excluding hydrogens is 372 g/mol. The van der Waals surface area contributed by atoms with Gasteiger partial charge in [-0.1, -0.05) is 68.5 Å². The Morgan fingerprint density at radius 1 is 1.27 bits per heavy atom. The Bertz CT molecular complexity index is 578. The highest BCUT2D eigenvalue weighted by molar-refractivity contribution is 8.13. The second-order valence-electron chi connectivity index (χ2n) is 6.73. The van der Waals surface area contributed by atoms with E-state index in [9.17, 15) is 9.59 Å². The van der Waals surface area contributed by atoms with Gasteiger partial charge >= 0.3 is 6.03 Å².